The first kappa shape index (κ1) is 27.3. The first-order chi connectivity index (χ1) is 15.0. The monoisotopic (exact) mass is 444 g/mol. The highest BCUT2D eigenvalue weighted by Crippen LogP contribution is 2.17. The molecule has 0 unspecified atom stereocenters. The van der Waals surface area contributed by atoms with Crippen LogP contribution in [0.4, 0.5) is 0 Å². The van der Waals surface area contributed by atoms with E-state index in [1.807, 2.05) is 0 Å². The number of rotatable bonds is 19. The molecule has 0 aromatic heterocycles. The van der Waals surface area contributed by atoms with E-state index in [9.17, 15) is 14.4 Å². The third kappa shape index (κ3) is 15.7. The Kier molecular flexibility index (Phi) is 15.7. The lowest BCUT2D eigenvalue weighted by atomic mass is 10.1. The molecule has 0 saturated heterocycles. The molecule has 1 rings (SSSR count). The van der Waals surface area contributed by atoms with Crippen LogP contribution in [0.15, 0.2) is 0 Å². The number of unbranched alkanes of at least 4 members (excludes halogenated alkanes) is 1. The van der Waals surface area contributed by atoms with E-state index < -0.39 is 11.9 Å². The molecule has 0 aromatic rings. The van der Waals surface area contributed by atoms with Crippen molar-refractivity contribution in [1.82, 2.24) is 16.0 Å². The molecule has 31 heavy (non-hydrogen) atoms. The fourth-order valence-corrected chi connectivity index (χ4v) is 3.34. The average molecular weight is 445 g/mol. The van der Waals surface area contributed by atoms with E-state index >= 15 is 0 Å². The minimum Gasteiger partial charge on any atom is -0.377 e. The van der Waals surface area contributed by atoms with E-state index in [0.29, 0.717) is 45.4 Å². The van der Waals surface area contributed by atoms with Crippen LogP contribution in [0.3, 0.4) is 0 Å². The van der Waals surface area contributed by atoms with Crippen LogP contribution in [-0.2, 0) is 28.6 Å². The van der Waals surface area contributed by atoms with E-state index in [0.717, 1.165) is 19.4 Å². The Morgan fingerprint density at radius 3 is 2.23 bits per heavy atom. The van der Waals surface area contributed by atoms with E-state index in [2.05, 4.69) is 16.0 Å². The lowest BCUT2D eigenvalue weighted by Crippen LogP contribution is -2.45. The molecule has 1 atom stereocenters. The zero-order chi connectivity index (χ0) is 22.7. The van der Waals surface area contributed by atoms with Crippen molar-refractivity contribution >= 4 is 17.7 Å². The predicted octanol–water partition coefficient (Wildman–Crippen LogP) is -0.155. The summed E-state index contributed by atoms with van der Waals surface area (Å²) >= 11 is 0. The summed E-state index contributed by atoms with van der Waals surface area (Å²) in [5.41, 5.74) is 5.40. The SMILES string of the molecule is CC(=O)NCCOCCOCCOCC(=O)N[C@H](CCCCNC1CCCC1)C(N)=O. The molecule has 10 heteroatoms. The van der Waals surface area contributed by atoms with Crippen LogP contribution >= 0.6 is 0 Å². The highest BCUT2D eigenvalue weighted by Gasteiger charge is 2.18. The van der Waals surface area contributed by atoms with Gasteiger partial charge in [-0.25, -0.2) is 0 Å². The van der Waals surface area contributed by atoms with Crippen molar-refractivity contribution in [2.75, 3.05) is 52.7 Å². The first-order valence-corrected chi connectivity index (χ1v) is 11.3. The molecule has 10 nitrogen and oxygen atoms in total. The fraction of sp³-hybridized carbons (Fsp3) is 0.857. The molecule has 0 radical (unpaired) electrons. The predicted molar refractivity (Wildman–Crippen MR) is 116 cm³/mol. The van der Waals surface area contributed by atoms with E-state index in [4.69, 9.17) is 19.9 Å². The number of carbonyl (C=O) groups is 3. The van der Waals surface area contributed by atoms with Crippen LogP contribution in [0.1, 0.15) is 51.9 Å². The third-order valence-electron chi connectivity index (χ3n) is 4.98. The number of hydrogen-bond acceptors (Lipinski definition) is 7. The molecule has 0 heterocycles. The summed E-state index contributed by atoms with van der Waals surface area (Å²) in [6.07, 6.45) is 7.39. The molecule has 180 valence electrons. The van der Waals surface area contributed by atoms with E-state index in [1.165, 1.54) is 32.6 Å². The van der Waals surface area contributed by atoms with E-state index in [1.54, 1.807) is 0 Å². The summed E-state index contributed by atoms with van der Waals surface area (Å²) in [6.45, 7) is 4.52. The van der Waals surface area contributed by atoms with Crippen LogP contribution in [0.25, 0.3) is 0 Å². The van der Waals surface area contributed by atoms with Crippen molar-refractivity contribution in [3.8, 4) is 0 Å². The number of amides is 3. The molecule has 0 aromatic carbocycles. The number of carbonyl (C=O) groups excluding carboxylic acids is 3. The largest absolute Gasteiger partial charge is 0.377 e. The molecular formula is C21H40N4O6. The molecule has 1 aliphatic carbocycles. The summed E-state index contributed by atoms with van der Waals surface area (Å²) in [7, 11) is 0. The Balaban J connectivity index is 1.96. The minimum absolute atomic E-state index is 0.0879. The normalized spacial score (nSPS) is 15.0. The van der Waals surface area contributed by atoms with Gasteiger partial charge in [-0.2, -0.15) is 0 Å². The number of primary amides is 1. The lowest BCUT2D eigenvalue weighted by Gasteiger charge is -2.16. The number of hydrogen-bond donors (Lipinski definition) is 4. The smallest absolute Gasteiger partial charge is 0.246 e. The summed E-state index contributed by atoms with van der Waals surface area (Å²) in [5.74, 6) is -0.983. The van der Waals surface area contributed by atoms with E-state index in [-0.39, 0.29) is 25.0 Å². The topological polar surface area (TPSA) is 141 Å². The maximum Gasteiger partial charge on any atom is 0.246 e. The van der Waals surface area contributed by atoms with Crippen LogP contribution in [0.2, 0.25) is 0 Å². The quantitative estimate of drug-likeness (QED) is 0.203. The van der Waals surface area contributed by atoms with Gasteiger partial charge in [-0.1, -0.05) is 12.8 Å². The zero-order valence-electron chi connectivity index (χ0n) is 18.8. The number of nitrogens with two attached hydrogens (primary N) is 1. The van der Waals surface area contributed by atoms with Gasteiger partial charge < -0.3 is 35.9 Å². The second-order valence-electron chi connectivity index (χ2n) is 7.71. The highest BCUT2D eigenvalue weighted by atomic mass is 16.5. The standard InChI is InChI=1S/C21H40N4O6/c1-17(26)23-10-11-29-12-13-30-14-15-31-16-20(27)25-19(21(22)28)8-4-5-9-24-18-6-2-3-7-18/h18-19,24H,2-16H2,1H3,(H2,22,28)(H,23,26)(H,25,27)/t19-/m1/s1. The molecule has 1 fully saturated rings. The summed E-state index contributed by atoms with van der Waals surface area (Å²) in [6, 6.07) is -0.0381. The van der Waals surface area contributed by atoms with Gasteiger partial charge in [0.25, 0.3) is 0 Å². The highest BCUT2D eigenvalue weighted by molar-refractivity contribution is 5.86. The number of nitrogens with one attached hydrogen (secondary N) is 3. The van der Waals surface area contributed by atoms with Crippen LogP contribution < -0.4 is 21.7 Å². The molecule has 1 aliphatic rings. The van der Waals surface area contributed by atoms with Crippen LogP contribution in [0.5, 0.6) is 0 Å². The van der Waals surface area contributed by atoms with Gasteiger partial charge >= 0.3 is 0 Å². The van der Waals surface area contributed by atoms with Crippen molar-refractivity contribution in [3.05, 3.63) is 0 Å². The van der Waals surface area contributed by atoms with Crippen LogP contribution in [-0.4, -0.2) is 82.5 Å². The van der Waals surface area contributed by atoms with Crippen molar-refractivity contribution < 1.29 is 28.6 Å². The lowest BCUT2D eigenvalue weighted by molar-refractivity contribution is -0.131. The van der Waals surface area contributed by atoms with Gasteiger partial charge in [-0.3, -0.25) is 14.4 Å². The number of ether oxygens (including phenoxy) is 3. The van der Waals surface area contributed by atoms with Crippen molar-refractivity contribution in [2.24, 2.45) is 5.73 Å². The maximum absolute atomic E-state index is 12.0. The Bertz CT molecular complexity index is 514. The van der Waals surface area contributed by atoms with Crippen molar-refractivity contribution in [1.29, 1.82) is 0 Å². The zero-order valence-corrected chi connectivity index (χ0v) is 18.8. The summed E-state index contributed by atoms with van der Waals surface area (Å²) in [4.78, 5) is 34.2. The van der Waals surface area contributed by atoms with Gasteiger partial charge in [-0.05, 0) is 38.6 Å². The van der Waals surface area contributed by atoms with Crippen LogP contribution in [0, 0.1) is 0 Å². The molecular weight excluding hydrogens is 404 g/mol. The van der Waals surface area contributed by atoms with Gasteiger partial charge in [0.05, 0.1) is 33.0 Å². The second kappa shape index (κ2) is 17.9. The van der Waals surface area contributed by atoms with Gasteiger partial charge in [0.1, 0.15) is 12.6 Å². The molecule has 0 spiro atoms. The Hall–Kier alpha value is -1.75. The fourth-order valence-electron chi connectivity index (χ4n) is 3.34. The van der Waals surface area contributed by atoms with Gasteiger partial charge in [0.15, 0.2) is 0 Å². The Morgan fingerprint density at radius 2 is 1.58 bits per heavy atom. The summed E-state index contributed by atoms with van der Waals surface area (Å²) < 4.78 is 15.9. The first-order valence-electron chi connectivity index (χ1n) is 11.3. The molecule has 5 N–H and O–H groups in total. The van der Waals surface area contributed by atoms with Gasteiger partial charge in [0, 0.05) is 19.5 Å². The summed E-state index contributed by atoms with van der Waals surface area (Å²) in [5, 5.41) is 8.80. The van der Waals surface area contributed by atoms with Crippen molar-refractivity contribution in [2.45, 2.75) is 64.0 Å². The molecule has 3 amide bonds. The Morgan fingerprint density at radius 1 is 0.935 bits per heavy atom. The second-order valence-corrected chi connectivity index (χ2v) is 7.71. The average Bonchev–Trinajstić information content (AvgIpc) is 3.24. The Labute approximate surface area is 185 Å². The minimum atomic E-state index is -0.673. The molecule has 0 aliphatic heterocycles. The van der Waals surface area contributed by atoms with Gasteiger partial charge in [0.2, 0.25) is 17.7 Å². The maximum atomic E-state index is 12.0. The molecule has 0 bridgehead atoms. The van der Waals surface area contributed by atoms with Gasteiger partial charge in [-0.15, -0.1) is 0 Å². The van der Waals surface area contributed by atoms with Crippen molar-refractivity contribution in [3.63, 3.8) is 0 Å². The third-order valence-corrected chi connectivity index (χ3v) is 4.98. The molecule has 1 saturated carbocycles.